The van der Waals surface area contributed by atoms with Crippen LogP contribution in [0.15, 0.2) is 0 Å². The van der Waals surface area contributed by atoms with E-state index in [-0.39, 0.29) is 11.3 Å². The number of carbonyl (C=O) groups is 1. The van der Waals surface area contributed by atoms with Gasteiger partial charge >= 0.3 is 0 Å². The summed E-state index contributed by atoms with van der Waals surface area (Å²) in [4.78, 5) is 11.6. The largest absolute Gasteiger partial charge is 0.356 e. The van der Waals surface area contributed by atoms with E-state index in [9.17, 15) is 4.79 Å². The van der Waals surface area contributed by atoms with Crippen molar-refractivity contribution in [2.75, 3.05) is 6.54 Å². The number of carbonyl (C=O) groups excluding carboxylic acids is 1. The lowest BCUT2D eigenvalue weighted by atomic mass is 9.89. The van der Waals surface area contributed by atoms with E-state index in [0.29, 0.717) is 11.8 Å². The topological polar surface area (TPSA) is 29.1 Å². The summed E-state index contributed by atoms with van der Waals surface area (Å²) in [5.41, 5.74) is 0.694. The second kappa shape index (κ2) is 7.81. The Morgan fingerprint density at radius 2 is 1.39 bits per heavy atom. The summed E-state index contributed by atoms with van der Waals surface area (Å²) in [5.74, 6) is 0.209. The van der Waals surface area contributed by atoms with Crippen LogP contribution in [0.4, 0.5) is 0 Å². The minimum atomic E-state index is 0.209. The predicted molar refractivity (Wildman–Crippen MR) is 79.6 cm³/mol. The van der Waals surface area contributed by atoms with Crippen molar-refractivity contribution in [3.63, 3.8) is 0 Å². The van der Waals surface area contributed by atoms with Crippen LogP contribution in [0, 0.1) is 10.8 Å². The molecule has 0 rings (SSSR count). The van der Waals surface area contributed by atoms with Gasteiger partial charge in [-0.05, 0) is 30.1 Å². The van der Waals surface area contributed by atoms with Gasteiger partial charge in [-0.15, -0.1) is 0 Å². The molecule has 0 aliphatic heterocycles. The fraction of sp³-hybridized carbons (Fsp3) is 0.938. The Morgan fingerprint density at radius 3 is 1.89 bits per heavy atom. The fourth-order valence-corrected chi connectivity index (χ4v) is 1.76. The quantitative estimate of drug-likeness (QED) is 0.665. The summed E-state index contributed by atoms with van der Waals surface area (Å²) in [6, 6.07) is 0. The van der Waals surface area contributed by atoms with Gasteiger partial charge in [-0.2, -0.15) is 0 Å². The maximum Gasteiger partial charge on any atom is 0.220 e. The fourth-order valence-electron chi connectivity index (χ4n) is 1.76. The molecule has 0 aromatic carbocycles. The van der Waals surface area contributed by atoms with Gasteiger partial charge in [0.15, 0.2) is 0 Å². The first-order valence-corrected chi connectivity index (χ1v) is 7.37. The van der Waals surface area contributed by atoms with E-state index in [1.54, 1.807) is 0 Å². The Morgan fingerprint density at radius 1 is 0.833 bits per heavy atom. The molecule has 2 nitrogen and oxygen atoms in total. The Labute approximate surface area is 114 Å². The summed E-state index contributed by atoms with van der Waals surface area (Å²) in [6.07, 6.45) is 6.48. The van der Waals surface area contributed by atoms with Gasteiger partial charge in [0.2, 0.25) is 5.91 Å². The third-order valence-corrected chi connectivity index (χ3v) is 3.03. The molecular formula is C16H33NO. The Kier molecular flexibility index (Phi) is 7.58. The first-order chi connectivity index (χ1) is 8.10. The first kappa shape index (κ1) is 17.5. The number of amides is 1. The normalized spacial score (nSPS) is 12.6. The van der Waals surface area contributed by atoms with Crippen LogP contribution in [0.5, 0.6) is 0 Å². The third kappa shape index (κ3) is 13.5. The number of nitrogens with one attached hydrogen (secondary N) is 1. The van der Waals surface area contributed by atoms with Crippen LogP contribution < -0.4 is 5.32 Å². The summed E-state index contributed by atoms with van der Waals surface area (Å²) in [7, 11) is 0. The molecule has 0 saturated carbocycles. The van der Waals surface area contributed by atoms with E-state index in [1.807, 2.05) is 0 Å². The number of rotatable bonds is 7. The molecule has 0 aromatic heterocycles. The van der Waals surface area contributed by atoms with Crippen LogP contribution in [-0.2, 0) is 4.79 Å². The van der Waals surface area contributed by atoms with Gasteiger partial charge in [-0.1, -0.05) is 54.4 Å². The van der Waals surface area contributed by atoms with Crippen molar-refractivity contribution in [2.45, 2.75) is 80.1 Å². The lowest BCUT2D eigenvalue weighted by Gasteiger charge is -2.18. The third-order valence-electron chi connectivity index (χ3n) is 3.03. The maximum absolute atomic E-state index is 11.6. The zero-order chi connectivity index (χ0) is 14.2. The van der Waals surface area contributed by atoms with Gasteiger partial charge < -0.3 is 5.32 Å². The molecular weight excluding hydrogens is 222 g/mol. The molecule has 0 bridgehead atoms. The molecule has 0 heterocycles. The van der Waals surface area contributed by atoms with Crippen molar-refractivity contribution >= 4 is 5.91 Å². The number of unbranched alkanes of at least 4 members (excludes halogenated alkanes) is 2. The number of hydrogen-bond donors (Lipinski definition) is 1. The van der Waals surface area contributed by atoms with E-state index >= 15 is 0 Å². The highest BCUT2D eigenvalue weighted by Crippen LogP contribution is 2.22. The molecule has 0 aliphatic rings. The van der Waals surface area contributed by atoms with Crippen molar-refractivity contribution in [3.05, 3.63) is 0 Å². The zero-order valence-electron chi connectivity index (χ0n) is 13.4. The van der Waals surface area contributed by atoms with Crippen LogP contribution in [-0.4, -0.2) is 12.5 Å². The summed E-state index contributed by atoms with van der Waals surface area (Å²) in [6.45, 7) is 14.2. The second-order valence-electron chi connectivity index (χ2n) is 7.78. The molecule has 18 heavy (non-hydrogen) atoms. The average molecular weight is 255 g/mol. The zero-order valence-corrected chi connectivity index (χ0v) is 13.4. The lowest BCUT2D eigenvalue weighted by molar-refractivity contribution is -0.121. The Bertz CT molecular complexity index is 232. The molecule has 0 atom stereocenters. The molecule has 108 valence electrons. The highest BCUT2D eigenvalue weighted by molar-refractivity contribution is 5.75. The van der Waals surface area contributed by atoms with Crippen LogP contribution in [0.25, 0.3) is 0 Å². The Hall–Kier alpha value is -0.530. The maximum atomic E-state index is 11.6. The van der Waals surface area contributed by atoms with Gasteiger partial charge in [-0.25, -0.2) is 0 Å². The van der Waals surface area contributed by atoms with Crippen molar-refractivity contribution in [1.82, 2.24) is 5.32 Å². The highest BCUT2D eigenvalue weighted by atomic mass is 16.1. The molecule has 0 aliphatic carbocycles. The lowest BCUT2D eigenvalue weighted by Crippen LogP contribution is -2.25. The molecule has 1 amide bonds. The van der Waals surface area contributed by atoms with Gasteiger partial charge in [0, 0.05) is 13.0 Å². The van der Waals surface area contributed by atoms with E-state index in [0.717, 1.165) is 19.4 Å². The van der Waals surface area contributed by atoms with E-state index in [1.165, 1.54) is 19.3 Å². The highest BCUT2D eigenvalue weighted by Gasteiger charge is 2.12. The minimum Gasteiger partial charge on any atom is -0.356 e. The summed E-state index contributed by atoms with van der Waals surface area (Å²) < 4.78 is 0. The Balaban J connectivity index is 3.42. The summed E-state index contributed by atoms with van der Waals surface area (Å²) in [5, 5.41) is 3.01. The molecule has 0 radical (unpaired) electrons. The van der Waals surface area contributed by atoms with Crippen LogP contribution in [0.3, 0.4) is 0 Å². The first-order valence-electron chi connectivity index (χ1n) is 7.37. The van der Waals surface area contributed by atoms with Crippen LogP contribution >= 0.6 is 0 Å². The molecule has 1 N–H and O–H groups in total. The molecule has 0 aromatic rings. The molecule has 0 fully saturated rings. The van der Waals surface area contributed by atoms with Crippen molar-refractivity contribution in [1.29, 1.82) is 0 Å². The second-order valence-corrected chi connectivity index (χ2v) is 7.78. The van der Waals surface area contributed by atoms with Gasteiger partial charge in [-0.3, -0.25) is 4.79 Å². The summed E-state index contributed by atoms with van der Waals surface area (Å²) >= 11 is 0. The van der Waals surface area contributed by atoms with E-state index < -0.39 is 0 Å². The molecule has 0 spiro atoms. The predicted octanol–water partition coefficient (Wildman–Crippen LogP) is 4.54. The minimum absolute atomic E-state index is 0.209. The van der Waals surface area contributed by atoms with Gasteiger partial charge in [0.25, 0.3) is 0 Å². The van der Waals surface area contributed by atoms with Crippen molar-refractivity contribution in [3.8, 4) is 0 Å². The smallest absolute Gasteiger partial charge is 0.220 e. The molecule has 0 saturated heterocycles. The van der Waals surface area contributed by atoms with Gasteiger partial charge in [0.1, 0.15) is 0 Å². The van der Waals surface area contributed by atoms with Crippen molar-refractivity contribution < 1.29 is 4.79 Å². The number of hydrogen-bond acceptors (Lipinski definition) is 1. The SMILES string of the molecule is CC(C)(C)CCCCCNC(=O)CCC(C)(C)C. The molecule has 0 unspecified atom stereocenters. The van der Waals surface area contributed by atoms with Gasteiger partial charge in [0.05, 0.1) is 0 Å². The van der Waals surface area contributed by atoms with E-state index in [4.69, 9.17) is 0 Å². The molecule has 2 heteroatoms. The van der Waals surface area contributed by atoms with Crippen LogP contribution in [0.1, 0.15) is 80.1 Å². The average Bonchev–Trinajstić information content (AvgIpc) is 2.17. The van der Waals surface area contributed by atoms with Crippen LogP contribution in [0.2, 0.25) is 0 Å². The van der Waals surface area contributed by atoms with Crippen molar-refractivity contribution in [2.24, 2.45) is 10.8 Å². The standard InChI is InChI=1S/C16H33NO/c1-15(2,3)11-8-7-9-13-17-14(18)10-12-16(4,5)6/h7-13H2,1-6H3,(H,17,18). The van der Waals surface area contributed by atoms with E-state index in [2.05, 4.69) is 46.9 Å². The monoisotopic (exact) mass is 255 g/mol.